The molecule has 5 aliphatic rings. The average molecular weight is 414 g/mol. The van der Waals surface area contributed by atoms with Crippen LogP contribution < -0.4 is 4.74 Å². The molecule has 0 radical (unpaired) electrons. The van der Waals surface area contributed by atoms with Gasteiger partial charge in [0, 0.05) is 18.7 Å². The van der Waals surface area contributed by atoms with Crippen LogP contribution in [0.3, 0.4) is 0 Å². The predicted octanol–water partition coefficient (Wildman–Crippen LogP) is 5.15. The van der Waals surface area contributed by atoms with Crippen molar-refractivity contribution in [2.75, 3.05) is 13.7 Å². The van der Waals surface area contributed by atoms with Gasteiger partial charge in [-0.15, -0.1) is 0 Å². The molecule has 2 atom stereocenters. The Kier molecular flexibility index (Phi) is 5.53. The minimum absolute atomic E-state index is 0.0783. The second-order valence-electron chi connectivity index (χ2n) is 10.5. The summed E-state index contributed by atoms with van der Waals surface area (Å²) in [5.74, 6) is 3.00. The number of carbonyl (C=O) groups excluding carboxylic acids is 1. The maximum absolute atomic E-state index is 13.4. The van der Waals surface area contributed by atoms with Crippen molar-refractivity contribution >= 4 is 5.91 Å². The summed E-state index contributed by atoms with van der Waals surface area (Å²) >= 11 is 0. The van der Waals surface area contributed by atoms with Gasteiger partial charge in [0.1, 0.15) is 11.4 Å². The van der Waals surface area contributed by atoms with Gasteiger partial charge >= 0.3 is 0 Å². The van der Waals surface area contributed by atoms with Crippen LogP contribution in [0.1, 0.15) is 74.6 Å². The van der Waals surface area contributed by atoms with Gasteiger partial charge in [-0.05, 0) is 86.8 Å². The summed E-state index contributed by atoms with van der Waals surface area (Å²) in [5.41, 5.74) is 0.351. The van der Waals surface area contributed by atoms with Crippen molar-refractivity contribution in [3.63, 3.8) is 0 Å². The van der Waals surface area contributed by atoms with Crippen molar-refractivity contribution < 1.29 is 19.7 Å². The normalized spacial score (nSPS) is 35.4. The first-order valence-corrected chi connectivity index (χ1v) is 11.9. The molecule has 0 aromatic heterocycles. The fourth-order valence-corrected chi connectivity index (χ4v) is 7.29. The molecule has 5 heteroatoms. The van der Waals surface area contributed by atoms with Gasteiger partial charge in [-0.25, -0.2) is 4.89 Å². The fraction of sp³-hybridized carbons (Fsp3) is 0.720. The maximum atomic E-state index is 13.4. The number of nitrogens with zero attached hydrogens (tertiary/aromatic N) is 1. The van der Waals surface area contributed by atoms with Crippen LogP contribution in [-0.4, -0.2) is 41.4 Å². The second-order valence-corrected chi connectivity index (χ2v) is 10.5. The van der Waals surface area contributed by atoms with E-state index >= 15 is 0 Å². The molecule has 0 saturated heterocycles. The van der Waals surface area contributed by atoms with Gasteiger partial charge in [0.15, 0.2) is 0 Å². The van der Waals surface area contributed by atoms with E-state index in [2.05, 4.69) is 0 Å². The lowest BCUT2D eigenvalue weighted by Gasteiger charge is -2.60. The first-order valence-electron chi connectivity index (χ1n) is 11.9. The Morgan fingerprint density at radius 3 is 2.57 bits per heavy atom. The Morgan fingerprint density at radius 1 is 1.13 bits per heavy atom. The van der Waals surface area contributed by atoms with E-state index in [9.17, 15) is 10.1 Å². The van der Waals surface area contributed by atoms with Crippen molar-refractivity contribution in [1.29, 1.82) is 0 Å². The topological polar surface area (TPSA) is 59.0 Å². The van der Waals surface area contributed by atoms with E-state index in [0.29, 0.717) is 29.2 Å². The molecular weight excluding hydrogens is 378 g/mol. The summed E-state index contributed by atoms with van der Waals surface area (Å²) in [4.78, 5) is 20.3. The second kappa shape index (κ2) is 8.16. The first-order chi connectivity index (χ1) is 14.6. The number of hydrogen-bond donors (Lipinski definition) is 1. The van der Waals surface area contributed by atoms with E-state index in [1.165, 1.54) is 32.1 Å². The minimum atomic E-state index is -0.357. The lowest BCUT2D eigenvalue weighted by atomic mass is 9.52. The number of ether oxygens (including phenoxy) is 1. The number of benzene rings is 1. The third-order valence-corrected chi connectivity index (χ3v) is 8.42. The molecule has 4 bridgehead atoms. The molecule has 0 spiro atoms. The van der Waals surface area contributed by atoms with Crippen LogP contribution in [0.4, 0.5) is 0 Å². The van der Waals surface area contributed by atoms with Gasteiger partial charge in [0.05, 0.1) is 6.61 Å². The molecule has 1 amide bonds. The Labute approximate surface area is 179 Å². The van der Waals surface area contributed by atoms with Crippen molar-refractivity contribution in [2.24, 2.45) is 23.7 Å². The summed E-state index contributed by atoms with van der Waals surface area (Å²) in [6.45, 7) is 0.755. The highest BCUT2D eigenvalue weighted by atomic mass is 17.1. The summed E-state index contributed by atoms with van der Waals surface area (Å²) < 4.78 is 6.07. The Morgan fingerprint density at radius 2 is 1.87 bits per heavy atom. The Balaban J connectivity index is 1.26. The molecule has 5 nitrogen and oxygen atoms in total. The van der Waals surface area contributed by atoms with E-state index in [1.54, 1.807) is 0 Å². The minimum Gasteiger partial charge on any atom is -0.493 e. The zero-order valence-electron chi connectivity index (χ0n) is 18.1. The smallest absolute Gasteiger partial charge is 0.253 e. The van der Waals surface area contributed by atoms with Crippen LogP contribution in [0, 0.1) is 23.7 Å². The fourth-order valence-electron chi connectivity index (χ4n) is 7.29. The molecule has 1 N–H and O–H groups in total. The molecule has 0 aliphatic heterocycles. The molecule has 6 rings (SSSR count). The average Bonchev–Trinajstić information content (AvgIpc) is 2.77. The first kappa shape index (κ1) is 20.3. The van der Waals surface area contributed by atoms with Crippen LogP contribution >= 0.6 is 0 Å². The third-order valence-electron chi connectivity index (χ3n) is 8.42. The van der Waals surface area contributed by atoms with Crippen molar-refractivity contribution in [2.45, 2.75) is 75.9 Å². The number of hydrogen-bond acceptors (Lipinski definition) is 4. The van der Waals surface area contributed by atoms with Crippen molar-refractivity contribution in [3.8, 4) is 5.75 Å². The molecular formula is C25H35NO4. The Hall–Kier alpha value is -1.59. The quantitative estimate of drug-likeness (QED) is 0.517. The maximum Gasteiger partial charge on any atom is 0.253 e. The molecule has 164 valence electrons. The Bertz CT molecular complexity index is 758. The lowest BCUT2D eigenvalue weighted by molar-refractivity contribution is -0.359. The predicted molar refractivity (Wildman–Crippen MR) is 114 cm³/mol. The van der Waals surface area contributed by atoms with E-state index in [4.69, 9.17) is 9.62 Å². The molecule has 1 aromatic carbocycles. The molecule has 2 unspecified atom stereocenters. The molecule has 30 heavy (non-hydrogen) atoms. The van der Waals surface area contributed by atoms with E-state index < -0.39 is 0 Å². The number of rotatable bonds is 6. The monoisotopic (exact) mass is 413 g/mol. The number of amides is 1. The van der Waals surface area contributed by atoms with Crippen molar-refractivity contribution in [1.82, 2.24) is 4.90 Å². The third kappa shape index (κ3) is 3.75. The standard InChI is InChI=1S/C25H35NO4/c1-26(23-20-10-18-11-21(23)15-25(13-18,14-20)30-28)24(27)19-8-5-9-22(12-19)29-16-17-6-3-2-4-7-17/h5,8-9,12,17-18,20-21,23,28H,2-4,6-7,10-11,13-16H2,1H3. The SMILES string of the molecule is CN(C(=O)c1cccc(OCC2CCCCC2)c1)C1C2CC3CC1CC(OO)(C3)C2. The summed E-state index contributed by atoms with van der Waals surface area (Å²) in [6, 6.07) is 7.95. The van der Waals surface area contributed by atoms with Crippen LogP contribution in [0.5, 0.6) is 5.75 Å². The van der Waals surface area contributed by atoms with Crippen LogP contribution in [0.15, 0.2) is 24.3 Å². The van der Waals surface area contributed by atoms with Gasteiger partial charge in [-0.3, -0.25) is 10.1 Å². The van der Waals surface area contributed by atoms with Crippen molar-refractivity contribution in [3.05, 3.63) is 29.8 Å². The van der Waals surface area contributed by atoms with E-state index in [0.717, 1.165) is 44.5 Å². The van der Waals surface area contributed by atoms with E-state index in [-0.39, 0.29) is 17.6 Å². The van der Waals surface area contributed by atoms with Crippen LogP contribution in [0.25, 0.3) is 0 Å². The highest BCUT2D eigenvalue weighted by molar-refractivity contribution is 5.94. The molecule has 0 heterocycles. The van der Waals surface area contributed by atoms with Gasteiger partial charge in [0.2, 0.25) is 0 Å². The number of carbonyl (C=O) groups is 1. The van der Waals surface area contributed by atoms with Gasteiger partial charge in [-0.2, -0.15) is 0 Å². The molecule has 5 fully saturated rings. The highest BCUT2D eigenvalue weighted by Gasteiger charge is 2.58. The van der Waals surface area contributed by atoms with Gasteiger partial charge in [0.25, 0.3) is 5.91 Å². The summed E-state index contributed by atoms with van der Waals surface area (Å²) in [5, 5.41) is 9.52. The van der Waals surface area contributed by atoms with Crippen LogP contribution in [0.2, 0.25) is 0 Å². The highest BCUT2D eigenvalue weighted by Crippen LogP contribution is 2.58. The molecule has 1 aromatic rings. The lowest BCUT2D eigenvalue weighted by Crippen LogP contribution is -2.62. The van der Waals surface area contributed by atoms with Crippen LogP contribution in [-0.2, 0) is 4.89 Å². The largest absolute Gasteiger partial charge is 0.493 e. The van der Waals surface area contributed by atoms with E-state index in [1.807, 2.05) is 36.2 Å². The summed E-state index contributed by atoms with van der Waals surface area (Å²) in [7, 11) is 1.96. The van der Waals surface area contributed by atoms with Gasteiger partial charge < -0.3 is 9.64 Å². The van der Waals surface area contributed by atoms with Gasteiger partial charge in [-0.1, -0.05) is 25.3 Å². The zero-order chi connectivity index (χ0) is 20.7. The zero-order valence-corrected chi connectivity index (χ0v) is 18.1. The molecule has 5 aliphatic carbocycles. The molecule has 5 saturated carbocycles. The summed E-state index contributed by atoms with van der Waals surface area (Å²) in [6.07, 6.45) is 11.5.